The lowest BCUT2D eigenvalue weighted by Crippen LogP contribution is -2.43. The first-order valence-electron chi connectivity index (χ1n) is 7.43. The Labute approximate surface area is 143 Å². The Bertz CT molecular complexity index is 826. The van der Waals surface area contributed by atoms with E-state index in [1.807, 2.05) is 24.3 Å². The van der Waals surface area contributed by atoms with E-state index in [9.17, 15) is 4.79 Å². The van der Waals surface area contributed by atoms with Crippen molar-refractivity contribution in [1.29, 1.82) is 0 Å². The number of nitrogens with zero attached hydrogens (tertiary/aromatic N) is 1. The standard InChI is InChI=1S/C18H13Cl2NO2/c19-13-6-3-7-14(20)16(13)15-10-18(23-21-15)9-8-11-4-1-2-5-12(11)17(18)22/h1-7H,8-10H2. The van der Waals surface area contributed by atoms with Crippen molar-refractivity contribution in [2.45, 2.75) is 24.9 Å². The molecular weight excluding hydrogens is 333 g/mol. The highest BCUT2D eigenvalue weighted by Gasteiger charge is 2.49. The van der Waals surface area contributed by atoms with Crippen molar-refractivity contribution >= 4 is 34.7 Å². The number of Topliss-reactive ketones (excluding diaryl/α,β-unsaturated/α-hetero) is 1. The van der Waals surface area contributed by atoms with Crippen LogP contribution in [0.4, 0.5) is 0 Å². The summed E-state index contributed by atoms with van der Waals surface area (Å²) in [6, 6.07) is 13.0. The molecule has 1 atom stereocenters. The van der Waals surface area contributed by atoms with E-state index in [2.05, 4.69) is 5.16 Å². The van der Waals surface area contributed by atoms with Crippen LogP contribution in [0.2, 0.25) is 10.0 Å². The first kappa shape index (κ1) is 14.7. The SMILES string of the molecule is O=C1c2ccccc2CCC12CC(c1c(Cl)cccc1Cl)=NO2. The molecule has 0 bridgehead atoms. The number of hydrogen-bond acceptors (Lipinski definition) is 3. The molecule has 4 rings (SSSR count). The highest BCUT2D eigenvalue weighted by Crippen LogP contribution is 2.40. The molecule has 0 saturated carbocycles. The summed E-state index contributed by atoms with van der Waals surface area (Å²) in [6.45, 7) is 0. The number of aryl methyl sites for hydroxylation is 1. The van der Waals surface area contributed by atoms with Crippen molar-refractivity contribution < 1.29 is 9.63 Å². The molecule has 2 aliphatic rings. The summed E-state index contributed by atoms with van der Waals surface area (Å²) in [5.41, 5.74) is 2.15. The van der Waals surface area contributed by atoms with Gasteiger partial charge in [0.2, 0.25) is 11.4 Å². The predicted molar refractivity (Wildman–Crippen MR) is 90.5 cm³/mol. The first-order chi connectivity index (χ1) is 11.1. The lowest BCUT2D eigenvalue weighted by atomic mass is 9.76. The van der Waals surface area contributed by atoms with Gasteiger partial charge in [-0.05, 0) is 24.1 Å². The summed E-state index contributed by atoms with van der Waals surface area (Å²) in [5, 5.41) is 5.18. The van der Waals surface area contributed by atoms with Gasteiger partial charge in [-0.1, -0.05) is 58.7 Å². The molecule has 0 N–H and O–H groups in total. The Morgan fingerprint density at radius 1 is 1.04 bits per heavy atom. The fourth-order valence-electron chi connectivity index (χ4n) is 3.30. The maximum atomic E-state index is 12.9. The van der Waals surface area contributed by atoms with E-state index in [1.165, 1.54) is 0 Å². The monoisotopic (exact) mass is 345 g/mol. The zero-order valence-corrected chi connectivity index (χ0v) is 13.7. The average molecular weight is 346 g/mol. The minimum absolute atomic E-state index is 0.0127. The van der Waals surface area contributed by atoms with Gasteiger partial charge in [-0.3, -0.25) is 4.79 Å². The largest absolute Gasteiger partial charge is 0.380 e. The van der Waals surface area contributed by atoms with Gasteiger partial charge >= 0.3 is 0 Å². The normalized spacial score (nSPS) is 22.7. The molecule has 0 aromatic heterocycles. The molecule has 23 heavy (non-hydrogen) atoms. The molecular formula is C18H13Cl2NO2. The van der Waals surface area contributed by atoms with Crippen molar-refractivity contribution in [2.75, 3.05) is 0 Å². The number of rotatable bonds is 1. The van der Waals surface area contributed by atoms with Crippen LogP contribution in [0, 0.1) is 0 Å². The third-order valence-corrected chi connectivity index (χ3v) is 5.14. The van der Waals surface area contributed by atoms with E-state index in [0.29, 0.717) is 34.2 Å². The lowest BCUT2D eigenvalue weighted by molar-refractivity contribution is -0.0119. The minimum atomic E-state index is -0.924. The van der Waals surface area contributed by atoms with Gasteiger partial charge in [0.05, 0.1) is 15.8 Å². The van der Waals surface area contributed by atoms with Gasteiger partial charge in [-0.15, -0.1) is 0 Å². The maximum absolute atomic E-state index is 12.9. The highest BCUT2D eigenvalue weighted by molar-refractivity contribution is 6.40. The maximum Gasteiger partial charge on any atom is 0.209 e. The fourth-order valence-corrected chi connectivity index (χ4v) is 3.91. The fraction of sp³-hybridized carbons (Fsp3) is 0.222. The molecule has 5 heteroatoms. The Morgan fingerprint density at radius 2 is 1.78 bits per heavy atom. The zero-order chi connectivity index (χ0) is 16.0. The molecule has 1 heterocycles. The third-order valence-electron chi connectivity index (χ3n) is 4.51. The van der Waals surface area contributed by atoms with Crippen LogP contribution in [0.5, 0.6) is 0 Å². The van der Waals surface area contributed by atoms with Crippen molar-refractivity contribution in [1.82, 2.24) is 0 Å². The summed E-state index contributed by atoms with van der Waals surface area (Å²) in [7, 11) is 0. The van der Waals surface area contributed by atoms with Crippen LogP contribution >= 0.6 is 23.2 Å². The van der Waals surface area contributed by atoms with E-state index >= 15 is 0 Å². The molecule has 2 aromatic rings. The van der Waals surface area contributed by atoms with Crippen LogP contribution in [0.15, 0.2) is 47.6 Å². The summed E-state index contributed by atoms with van der Waals surface area (Å²) in [6.07, 6.45) is 1.79. The third kappa shape index (κ3) is 2.27. The summed E-state index contributed by atoms with van der Waals surface area (Å²) in [5.74, 6) is -0.0127. The summed E-state index contributed by atoms with van der Waals surface area (Å²) >= 11 is 12.5. The molecule has 1 aliphatic carbocycles. The Kier molecular flexibility index (Phi) is 3.43. The van der Waals surface area contributed by atoms with Gasteiger partial charge < -0.3 is 4.84 Å². The lowest BCUT2D eigenvalue weighted by Gasteiger charge is -2.30. The second kappa shape index (κ2) is 5.36. The van der Waals surface area contributed by atoms with E-state index in [1.54, 1.807) is 18.2 Å². The number of carbonyl (C=O) groups is 1. The molecule has 116 valence electrons. The van der Waals surface area contributed by atoms with E-state index in [4.69, 9.17) is 28.0 Å². The molecule has 1 aliphatic heterocycles. The number of hydrogen-bond donors (Lipinski definition) is 0. The van der Waals surface area contributed by atoms with Crippen LogP contribution < -0.4 is 0 Å². The van der Waals surface area contributed by atoms with Gasteiger partial charge in [0, 0.05) is 24.0 Å². The second-order valence-electron chi connectivity index (χ2n) is 5.88. The quantitative estimate of drug-likeness (QED) is 0.752. The van der Waals surface area contributed by atoms with Gasteiger partial charge in [0.1, 0.15) is 0 Å². The number of oxime groups is 1. The smallest absolute Gasteiger partial charge is 0.209 e. The number of halogens is 2. The van der Waals surface area contributed by atoms with E-state index in [0.717, 1.165) is 17.5 Å². The Morgan fingerprint density at radius 3 is 2.57 bits per heavy atom. The van der Waals surface area contributed by atoms with Gasteiger partial charge in [-0.2, -0.15) is 0 Å². The molecule has 0 fully saturated rings. The predicted octanol–water partition coefficient (Wildman–Crippen LogP) is 4.69. The average Bonchev–Trinajstić information content (AvgIpc) is 2.96. The second-order valence-corrected chi connectivity index (χ2v) is 6.70. The molecule has 1 unspecified atom stereocenters. The van der Waals surface area contributed by atoms with Crippen LogP contribution in [0.1, 0.15) is 34.3 Å². The zero-order valence-electron chi connectivity index (χ0n) is 12.2. The van der Waals surface area contributed by atoms with Crippen molar-refractivity contribution in [3.63, 3.8) is 0 Å². The molecule has 0 amide bonds. The number of ketones is 1. The van der Waals surface area contributed by atoms with Crippen LogP contribution in [-0.4, -0.2) is 17.1 Å². The Balaban J connectivity index is 1.69. The van der Waals surface area contributed by atoms with E-state index in [-0.39, 0.29) is 5.78 Å². The first-order valence-corrected chi connectivity index (χ1v) is 8.18. The Hall–Kier alpha value is -1.84. The molecule has 2 aromatic carbocycles. The van der Waals surface area contributed by atoms with Crippen LogP contribution in [-0.2, 0) is 11.3 Å². The number of benzene rings is 2. The van der Waals surface area contributed by atoms with Gasteiger partial charge in [0.15, 0.2) is 0 Å². The van der Waals surface area contributed by atoms with Crippen LogP contribution in [0.25, 0.3) is 0 Å². The number of fused-ring (bicyclic) bond motifs is 1. The van der Waals surface area contributed by atoms with Crippen LogP contribution in [0.3, 0.4) is 0 Å². The molecule has 3 nitrogen and oxygen atoms in total. The van der Waals surface area contributed by atoms with Crippen molar-refractivity contribution in [2.24, 2.45) is 5.16 Å². The molecule has 1 spiro atoms. The minimum Gasteiger partial charge on any atom is -0.380 e. The van der Waals surface area contributed by atoms with Crippen molar-refractivity contribution in [3.8, 4) is 0 Å². The number of carbonyl (C=O) groups excluding carboxylic acids is 1. The summed E-state index contributed by atoms with van der Waals surface area (Å²) in [4.78, 5) is 18.6. The highest BCUT2D eigenvalue weighted by atomic mass is 35.5. The van der Waals surface area contributed by atoms with Gasteiger partial charge in [0.25, 0.3) is 0 Å². The topological polar surface area (TPSA) is 38.7 Å². The molecule has 0 radical (unpaired) electrons. The van der Waals surface area contributed by atoms with E-state index < -0.39 is 5.60 Å². The molecule has 0 saturated heterocycles. The summed E-state index contributed by atoms with van der Waals surface area (Å²) < 4.78 is 0. The van der Waals surface area contributed by atoms with Crippen molar-refractivity contribution in [3.05, 3.63) is 69.2 Å². The van der Waals surface area contributed by atoms with Gasteiger partial charge in [-0.25, -0.2) is 0 Å².